The molecule has 0 saturated heterocycles. The van der Waals surface area contributed by atoms with Crippen molar-refractivity contribution in [1.29, 1.82) is 0 Å². The van der Waals surface area contributed by atoms with Gasteiger partial charge in [0.1, 0.15) is 0 Å². The molecule has 0 heterocycles. The normalized spacial score (nSPS) is 14.2. The minimum absolute atomic E-state index is 0.300. The molecule has 0 aromatic heterocycles. The summed E-state index contributed by atoms with van der Waals surface area (Å²) in [6.45, 7) is 4.47. The monoisotopic (exact) mass is 314 g/mol. The van der Waals surface area contributed by atoms with E-state index < -0.39 is 0 Å². The third kappa shape index (κ3) is 16.3. The lowest BCUT2D eigenvalue weighted by Crippen LogP contribution is -2.17. The van der Waals surface area contributed by atoms with E-state index in [2.05, 4.69) is 13.8 Å². The Morgan fingerprint density at radius 2 is 0.818 bits per heavy atom. The van der Waals surface area contributed by atoms with Crippen LogP contribution in [0.25, 0.3) is 0 Å². The maximum absolute atomic E-state index is 9.97. The van der Waals surface area contributed by atoms with Gasteiger partial charge in [-0.3, -0.25) is 0 Å². The van der Waals surface area contributed by atoms with Crippen LogP contribution in [-0.2, 0) is 0 Å². The summed E-state index contributed by atoms with van der Waals surface area (Å²) in [5, 5.41) is 19.9. The van der Waals surface area contributed by atoms with Crippen LogP contribution in [0.5, 0.6) is 0 Å². The van der Waals surface area contributed by atoms with Crippen LogP contribution in [0.4, 0.5) is 0 Å². The molecule has 0 aliphatic rings. The standard InChI is InChI=1S/C20H42O2/c1-3-5-7-9-10-11-13-15-17-20(22)18-19(21)16-14-12-8-6-4-2/h19-22H,3-18H2,1-2H3. The molecule has 0 bridgehead atoms. The van der Waals surface area contributed by atoms with Crippen molar-refractivity contribution in [2.75, 3.05) is 0 Å². The Balaban J connectivity index is 3.31. The lowest BCUT2D eigenvalue weighted by molar-refractivity contribution is 0.0680. The van der Waals surface area contributed by atoms with Gasteiger partial charge in [-0.2, -0.15) is 0 Å². The van der Waals surface area contributed by atoms with Crippen molar-refractivity contribution in [2.24, 2.45) is 0 Å². The van der Waals surface area contributed by atoms with Gasteiger partial charge >= 0.3 is 0 Å². The largest absolute Gasteiger partial charge is 0.393 e. The van der Waals surface area contributed by atoms with E-state index in [4.69, 9.17) is 0 Å². The SMILES string of the molecule is CCCCCCCCCCC(O)CC(O)CCCCCCC. The van der Waals surface area contributed by atoms with Crippen molar-refractivity contribution in [3.05, 3.63) is 0 Å². The molecule has 134 valence electrons. The fraction of sp³-hybridized carbons (Fsp3) is 1.00. The summed E-state index contributed by atoms with van der Waals surface area (Å²) in [6.07, 6.45) is 18.3. The molecule has 2 atom stereocenters. The highest BCUT2D eigenvalue weighted by Crippen LogP contribution is 2.15. The van der Waals surface area contributed by atoms with E-state index in [9.17, 15) is 10.2 Å². The number of rotatable bonds is 17. The van der Waals surface area contributed by atoms with Gasteiger partial charge in [0.2, 0.25) is 0 Å². The van der Waals surface area contributed by atoms with Gasteiger partial charge in [0.15, 0.2) is 0 Å². The van der Waals surface area contributed by atoms with Crippen molar-refractivity contribution in [1.82, 2.24) is 0 Å². The lowest BCUT2D eigenvalue weighted by atomic mass is 10.00. The second-order valence-corrected chi connectivity index (χ2v) is 7.01. The minimum Gasteiger partial charge on any atom is -0.393 e. The number of hydrogen-bond donors (Lipinski definition) is 2. The summed E-state index contributed by atoms with van der Waals surface area (Å²) in [4.78, 5) is 0. The van der Waals surface area contributed by atoms with Crippen molar-refractivity contribution in [3.63, 3.8) is 0 Å². The highest BCUT2D eigenvalue weighted by Gasteiger charge is 2.11. The van der Waals surface area contributed by atoms with E-state index in [1.165, 1.54) is 70.6 Å². The number of hydrogen-bond acceptors (Lipinski definition) is 2. The molecule has 2 nitrogen and oxygen atoms in total. The van der Waals surface area contributed by atoms with Crippen LogP contribution >= 0.6 is 0 Å². The molecule has 0 radical (unpaired) electrons. The van der Waals surface area contributed by atoms with Crippen LogP contribution in [0.15, 0.2) is 0 Å². The first-order chi connectivity index (χ1) is 10.7. The maximum Gasteiger partial charge on any atom is 0.0564 e. The molecule has 0 aliphatic carbocycles. The average molecular weight is 315 g/mol. The van der Waals surface area contributed by atoms with Crippen LogP contribution < -0.4 is 0 Å². The van der Waals surface area contributed by atoms with Gasteiger partial charge in [0.05, 0.1) is 12.2 Å². The number of aliphatic hydroxyl groups excluding tert-OH is 2. The highest BCUT2D eigenvalue weighted by atomic mass is 16.3. The third-order valence-corrected chi connectivity index (χ3v) is 4.58. The second kappa shape index (κ2) is 17.3. The first kappa shape index (κ1) is 21.9. The second-order valence-electron chi connectivity index (χ2n) is 7.01. The molecule has 2 unspecified atom stereocenters. The van der Waals surface area contributed by atoms with Gasteiger partial charge in [-0.05, 0) is 19.3 Å². The zero-order chi connectivity index (χ0) is 16.5. The molecule has 0 rings (SSSR count). The number of aliphatic hydroxyl groups is 2. The molecule has 0 aromatic rings. The highest BCUT2D eigenvalue weighted by molar-refractivity contribution is 4.64. The van der Waals surface area contributed by atoms with Gasteiger partial charge in [-0.25, -0.2) is 0 Å². The molecule has 0 spiro atoms. The number of unbranched alkanes of at least 4 members (excludes halogenated alkanes) is 11. The van der Waals surface area contributed by atoms with Gasteiger partial charge in [-0.15, -0.1) is 0 Å². The molecule has 0 amide bonds. The Morgan fingerprint density at radius 1 is 0.500 bits per heavy atom. The topological polar surface area (TPSA) is 40.5 Å². The van der Waals surface area contributed by atoms with E-state index >= 15 is 0 Å². The molecule has 2 N–H and O–H groups in total. The third-order valence-electron chi connectivity index (χ3n) is 4.58. The van der Waals surface area contributed by atoms with E-state index in [1.54, 1.807) is 0 Å². The van der Waals surface area contributed by atoms with E-state index in [0.717, 1.165) is 25.7 Å². The van der Waals surface area contributed by atoms with Crippen molar-refractivity contribution < 1.29 is 10.2 Å². The summed E-state index contributed by atoms with van der Waals surface area (Å²) in [7, 11) is 0. The summed E-state index contributed by atoms with van der Waals surface area (Å²) in [5.74, 6) is 0. The van der Waals surface area contributed by atoms with Gasteiger partial charge in [-0.1, -0.05) is 97.3 Å². The van der Waals surface area contributed by atoms with Crippen LogP contribution in [0.1, 0.15) is 117 Å². The Morgan fingerprint density at radius 3 is 1.18 bits per heavy atom. The fourth-order valence-corrected chi connectivity index (χ4v) is 3.05. The Hall–Kier alpha value is -0.0800. The maximum atomic E-state index is 9.97. The zero-order valence-electron chi connectivity index (χ0n) is 15.4. The van der Waals surface area contributed by atoms with Crippen LogP contribution in [0.2, 0.25) is 0 Å². The zero-order valence-corrected chi connectivity index (χ0v) is 15.4. The Kier molecular flexibility index (Phi) is 17.2. The van der Waals surface area contributed by atoms with Gasteiger partial charge in [0, 0.05) is 0 Å². The molecule has 0 aliphatic heterocycles. The molecular weight excluding hydrogens is 272 g/mol. The van der Waals surface area contributed by atoms with E-state index in [-0.39, 0.29) is 12.2 Å². The molecule has 2 heteroatoms. The average Bonchev–Trinajstić information content (AvgIpc) is 2.49. The van der Waals surface area contributed by atoms with Gasteiger partial charge in [0.25, 0.3) is 0 Å². The van der Waals surface area contributed by atoms with Crippen molar-refractivity contribution >= 4 is 0 Å². The summed E-state index contributed by atoms with van der Waals surface area (Å²) < 4.78 is 0. The van der Waals surface area contributed by atoms with Crippen LogP contribution in [0, 0.1) is 0 Å². The minimum atomic E-state index is -0.300. The lowest BCUT2D eigenvalue weighted by Gasteiger charge is -2.15. The van der Waals surface area contributed by atoms with Crippen LogP contribution in [0.3, 0.4) is 0 Å². The molecule has 0 fully saturated rings. The quantitative estimate of drug-likeness (QED) is 0.324. The fourth-order valence-electron chi connectivity index (χ4n) is 3.05. The van der Waals surface area contributed by atoms with E-state index in [0.29, 0.717) is 6.42 Å². The predicted molar refractivity (Wildman–Crippen MR) is 97.2 cm³/mol. The summed E-state index contributed by atoms with van der Waals surface area (Å²) >= 11 is 0. The Bertz CT molecular complexity index is 206. The molecule has 0 aromatic carbocycles. The molecule has 22 heavy (non-hydrogen) atoms. The summed E-state index contributed by atoms with van der Waals surface area (Å²) in [6, 6.07) is 0. The van der Waals surface area contributed by atoms with Gasteiger partial charge < -0.3 is 10.2 Å². The van der Waals surface area contributed by atoms with E-state index in [1.807, 2.05) is 0 Å². The first-order valence-electron chi connectivity index (χ1n) is 10.1. The van der Waals surface area contributed by atoms with Crippen molar-refractivity contribution in [3.8, 4) is 0 Å². The molecular formula is C20H42O2. The molecule has 0 saturated carbocycles. The van der Waals surface area contributed by atoms with Crippen molar-refractivity contribution in [2.45, 2.75) is 129 Å². The first-order valence-corrected chi connectivity index (χ1v) is 10.1. The smallest absolute Gasteiger partial charge is 0.0564 e. The predicted octanol–water partition coefficient (Wildman–Crippen LogP) is 5.99. The summed E-state index contributed by atoms with van der Waals surface area (Å²) in [5.41, 5.74) is 0. The Labute approximate surface area is 139 Å². The van der Waals surface area contributed by atoms with Crippen LogP contribution in [-0.4, -0.2) is 22.4 Å².